The summed E-state index contributed by atoms with van der Waals surface area (Å²) in [5.74, 6) is -9.76. The van der Waals surface area contributed by atoms with Crippen LogP contribution in [-0.2, 0) is 14.3 Å². The molecular weight excluding hydrogens is 476 g/mol. The number of ether oxygens (including phenoxy) is 2. The van der Waals surface area contributed by atoms with Gasteiger partial charge in [-0.3, -0.25) is 0 Å². The molecule has 0 amide bonds. The second-order valence-electron chi connectivity index (χ2n) is 7.85. The van der Waals surface area contributed by atoms with Crippen molar-refractivity contribution in [2.75, 3.05) is 0 Å². The summed E-state index contributed by atoms with van der Waals surface area (Å²) in [6.07, 6.45) is -7.11. The second kappa shape index (κ2) is 9.08. The van der Waals surface area contributed by atoms with E-state index < -0.39 is 100 Å². The highest BCUT2D eigenvalue weighted by Gasteiger charge is 2.52. The van der Waals surface area contributed by atoms with Crippen molar-refractivity contribution in [1.29, 1.82) is 0 Å². The Balaban J connectivity index is 1.91. The van der Waals surface area contributed by atoms with Crippen LogP contribution in [0, 0.1) is 0 Å². The lowest BCUT2D eigenvalue weighted by Gasteiger charge is -2.40. The monoisotopic (exact) mass is 496 g/mol. The fourth-order valence-corrected chi connectivity index (χ4v) is 3.52. The van der Waals surface area contributed by atoms with Crippen molar-refractivity contribution < 1.29 is 69.8 Å². The van der Waals surface area contributed by atoms with E-state index in [2.05, 4.69) is 0 Å². The van der Waals surface area contributed by atoms with Gasteiger partial charge < -0.3 is 55.4 Å². The molecule has 0 spiro atoms. The number of aromatic hydroxyl groups is 6. The van der Waals surface area contributed by atoms with Gasteiger partial charge in [0, 0.05) is 12.8 Å². The fraction of sp³-hybridized carbons (Fsp3) is 0.286. The van der Waals surface area contributed by atoms with Crippen molar-refractivity contribution in [3.8, 4) is 34.5 Å². The third-order valence-electron chi connectivity index (χ3n) is 5.34. The molecule has 0 radical (unpaired) electrons. The van der Waals surface area contributed by atoms with Gasteiger partial charge in [0.15, 0.2) is 46.2 Å². The molecule has 2 aromatic carbocycles. The van der Waals surface area contributed by atoms with Gasteiger partial charge in [0.25, 0.3) is 0 Å². The molecule has 2 aromatic rings. The molecule has 1 saturated carbocycles. The van der Waals surface area contributed by atoms with Crippen LogP contribution in [0.5, 0.6) is 34.5 Å². The largest absolute Gasteiger partial charge is 0.504 e. The number of rotatable bonds is 5. The Morgan fingerprint density at radius 1 is 0.743 bits per heavy atom. The number of phenols is 6. The predicted molar refractivity (Wildman–Crippen MR) is 109 cm³/mol. The van der Waals surface area contributed by atoms with E-state index in [1.807, 2.05) is 0 Å². The number of aliphatic hydroxyl groups is 2. The van der Waals surface area contributed by atoms with Gasteiger partial charge in [0.1, 0.15) is 6.10 Å². The molecule has 188 valence electrons. The first-order chi connectivity index (χ1) is 16.2. The summed E-state index contributed by atoms with van der Waals surface area (Å²) in [5.41, 5.74) is -3.61. The number of aliphatic carboxylic acids is 1. The molecule has 4 atom stereocenters. The molecule has 0 saturated heterocycles. The molecule has 14 nitrogen and oxygen atoms in total. The van der Waals surface area contributed by atoms with E-state index in [0.717, 1.165) is 12.1 Å². The van der Waals surface area contributed by atoms with Crippen LogP contribution in [0.25, 0.3) is 0 Å². The SMILES string of the molecule is O=C(OC1C[C@@](O)(C(=O)O)C[C@@H](O)C1OC(=O)c1cc(O)c(O)c(O)c1)c1cc(O)c(O)c(O)c1. The van der Waals surface area contributed by atoms with Crippen LogP contribution in [0.3, 0.4) is 0 Å². The molecule has 0 aromatic heterocycles. The smallest absolute Gasteiger partial charge is 0.338 e. The van der Waals surface area contributed by atoms with Crippen LogP contribution >= 0.6 is 0 Å². The molecule has 9 N–H and O–H groups in total. The first-order valence-electron chi connectivity index (χ1n) is 9.79. The van der Waals surface area contributed by atoms with Crippen molar-refractivity contribution >= 4 is 17.9 Å². The average molecular weight is 496 g/mol. The summed E-state index contributed by atoms with van der Waals surface area (Å²) in [4.78, 5) is 36.6. The third-order valence-corrected chi connectivity index (χ3v) is 5.34. The molecule has 35 heavy (non-hydrogen) atoms. The molecule has 2 unspecified atom stereocenters. The number of carboxylic acid groups (broad SMARTS) is 1. The maximum absolute atomic E-state index is 12.6. The van der Waals surface area contributed by atoms with E-state index in [1.54, 1.807) is 0 Å². The lowest BCUT2D eigenvalue weighted by molar-refractivity contribution is -0.187. The van der Waals surface area contributed by atoms with Crippen LogP contribution in [-0.4, -0.2) is 87.8 Å². The molecular formula is C21H20O14. The lowest BCUT2D eigenvalue weighted by atomic mass is 9.79. The van der Waals surface area contributed by atoms with E-state index in [1.165, 1.54) is 0 Å². The van der Waals surface area contributed by atoms with Gasteiger partial charge in [-0.25, -0.2) is 14.4 Å². The molecule has 3 rings (SSSR count). The summed E-state index contributed by atoms with van der Waals surface area (Å²) in [6, 6.07) is 2.87. The highest BCUT2D eigenvalue weighted by Crippen LogP contribution is 2.38. The Hall–Kier alpha value is -4.43. The van der Waals surface area contributed by atoms with E-state index in [4.69, 9.17) is 9.47 Å². The minimum atomic E-state index is -2.60. The number of carbonyl (C=O) groups is 3. The highest BCUT2D eigenvalue weighted by atomic mass is 16.6. The number of esters is 2. The van der Waals surface area contributed by atoms with Crippen molar-refractivity contribution in [2.45, 2.75) is 36.8 Å². The Bertz CT molecular complexity index is 1140. The highest BCUT2D eigenvalue weighted by molar-refractivity contribution is 5.92. The maximum atomic E-state index is 12.6. The Morgan fingerprint density at radius 3 is 1.54 bits per heavy atom. The summed E-state index contributed by atoms with van der Waals surface area (Å²) in [7, 11) is 0. The minimum absolute atomic E-state index is 0.498. The Kier molecular flexibility index (Phi) is 6.53. The quantitative estimate of drug-likeness (QED) is 0.189. The number of phenolic OH excluding ortho intramolecular Hbond substituents is 6. The van der Waals surface area contributed by atoms with Gasteiger partial charge in [-0.1, -0.05) is 0 Å². The summed E-state index contributed by atoms with van der Waals surface area (Å²) >= 11 is 0. The topological polar surface area (TPSA) is 252 Å². The van der Waals surface area contributed by atoms with Gasteiger partial charge in [-0.05, 0) is 24.3 Å². The Morgan fingerprint density at radius 2 is 1.14 bits per heavy atom. The van der Waals surface area contributed by atoms with Gasteiger partial charge in [-0.2, -0.15) is 0 Å². The maximum Gasteiger partial charge on any atom is 0.338 e. The number of hydrogen-bond acceptors (Lipinski definition) is 13. The zero-order valence-electron chi connectivity index (χ0n) is 17.5. The Labute approximate surface area is 195 Å². The zero-order chi connectivity index (χ0) is 26.2. The average Bonchev–Trinajstić information content (AvgIpc) is 2.77. The number of hydrogen-bond donors (Lipinski definition) is 9. The summed E-state index contributed by atoms with van der Waals surface area (Å²) < 4.78 is 10.2. The molecule has 1 fully saturated rings. The number of benzene rings is 2. The van der Waals surface area contributed by atoms with Crippen LogP contribution < -0.4 is 0 Å². The van der Waals surface area contributed by atoms with Crippen LogP contribution in [0.1, 0.15) is 33.6 Å². The minimum Gasteiger partial charge on any atom is -0.504 e. The predicted octanol–water partition coefficient (Wildman–Crippen LogP) is -0.358. The second-order valence-corrected chi connectivity index (χ2v) is 7.85. The van der Waals surface area contributed by atoms with Crippen LogP contribution in [0.2, 0.25) is 0 Å². The molecule has 1 aliphatic rings. The number of aliphatic hydroxyl groups excluding tert-OH is 1. The number of carbonyl (C=O) groups excluding carboxylic acids is 2. The van der Waals surface area contributed by atoms with Crippen LogP contribution in [0.15, 0.2) is 24.3 Å². The normalized spacial score (nSPS) is 23.9. The molecule has 1 aliphatic carbocycles. The van der Waals surface area contributed by atoms with Gasteiger partial charge in [0.05, 0.1) is 17.2 Å². The molecule has 0 aliphatic heterocycles. The van der Waals surface area contributed by atoms with Crippen molar-refractivity contribution in [3.05, 3.63) is 35.4 Å². The van der Waals surface area contributed by atoms with Crippen molar-refractivity contribution in [3.63, 3.8) is 0 Å². The van der Waals surface area contributed by atoms with Crippen molar-refractivity contribution in [1.82, 2.24) is 0 Å². The zero-order valence-corrected chi connectivity index (χ0v) is 17.5. The lowest BCUT2D eigenvalue weighted by Crippen LogP contribution is -2.58. The van der Waals surface area contributed by atoms with E-state index in [0.29, 0.717) is 12.1 Å². The van der Waals surface area contributed by atoms with E-state index in [-0.39, 0.29) is 0 Å². The molecule has 0 heterocycles. The molecule has 14 heteroatoms. The first kappa shape index (κ1) is 25.2. The van der Waals surface area contributed by atoms with Gasteiger partial charge >= 0.3 is 17.9 Å². The van der Waals surface area contributed by atoms with Crippen LogP contribution in [0.4, 0.5) is 0 Å². The van der Waals surface area contributed by atoms with Crippen molar-refractivity contribution in [2.24, 2.45) is 0 Å². The van der Waals surface area contributed by atoms with E-state index in [9.17, 15) is 60.3 Å². The van der Waals surface area contributed by atoms with Gasteiger partial charge in [0.2, 0.25) is 0 Å². The standard InChI is InChI=1S/C21H20O14/c22-9-1-7(2-10(23)15(9)27)18(29)34-14-6-21(33,20(31)32)5-13(26)17(14)35-19(30)8-3-11(24)16(28)12(25)4-8/h1-4,13-14,17,22-28,33H,5-6H2,(H,31,32)/t13-,14?,17?,21-/m1/s1. The summed E-state index contributed by atoms with van der Waals surface area (Å²) in [5, 5.41) is 87.3. The van der Waals surface area contributed by atoms with E-state index >= 15 is 0 Å². The third kappa shape index (κ3) is 4.92. The summed E-state index contributed by atoms with van der Waals surface area (Å²) in [6.45, 7) is 0. The first-order valence-corrected chi connectivity index (χ1v) is 9.79. The number of carboxylic acids is 1. The molecule has 0 bridgehead atoms. The fourth-order valence-electron chi connectivity index (χ4n) is 3.52. The van der Waals surface area contributed by atoms with Gasteiger partial charge in [-0.15, -0.1) is 0 Å².